The Bertz CT molecular complexity index is 2300. The number of benzene rings is 4. The van der Waals surface area contributed by atoms with Gasteiger partial charge in [0.1, 0.15) is 0 Å². The van der Waals surface area contributed by atoms with Crippen molar-refractivity contribution < 1.29 is 0 Å². The molecule has 8 nitrogen and oxygen atoms in total. The second kappa shape index (κ2) is 24.7. The number of halogens is 5. The number of hydrogen-bond acceptors (Lipinski definition) is 4. The van der Waals surface area contributed by atoms with Gasteiger partial charge in [0.25, 0.3) is 0 Å². The molecule has 4 aromatic rings. The fourth-order valence-corrected chi connectivity index (χ4v) is 6.82. The zero-order chi connectivity index (χ0) is 44.5. The molecule has 0 amide bonds. The number of rotatable bonds is 4. The predicted molar refractivity (Wildman–Crippen MR) is 257 cm³/mol. The van der Waals surface area contributed by atoms with Gasteiger partial charge in [-0.3, -0.25) is 0 Å². The van der Waals surface area contributed by atoms with Crippen molar-refractivity contribution in [2.75, 3.05) is 22.9 Å². The SMILES string of the molecule is C=C(C)C.[C-]#[N+]c1c(Cl)cc(Br)c(N)c1Br.[C-]#[N+]c1c(Cl)cc(C(=C)C)c(N)c1C(=C)C.[C-]#[N+]c1cc(N)ccc1Cl.[C-]#[N+]c1ccc(C(C)C)c(N)c1C(C)C. The summed E-state index contributed by atoms with van der Waals surface area (Å²) in [5.74, 6) is 0.704. The second-order valence-electron chi connectivity index (χ2n) is 13.2. The molecule has 0 bridgehead atoms. The Hall–Kier alpha value is -4.91. The fraction of sp³-hybridized carbons (Fsp3) is 0.227. The quantitative estimate of drug-likeness (QED) is 0.0925. The van der Waals surface area contributed by atoms with Crippen LogP contribution < -0.4 is 22.9 Å². The minimum atomic E-state index is 0.299. The van der Waals surface area contributed by atoms with E-state index in [-0.39, 0.29) is 0 Å². The third-order valence-corrected chi connectivity index (χ3v) is 9.65. The minimum absolute atomic E-state index is 0.299. The highest BCUT2D eigenvalue weighted by Gasteiger charge is 2.17. The summed E-state index contributed by atoms with van der Waals surface area (Å²) in [4.78, 5) is 13.3. The lowest BCUT2D eigenvalue weighted by molar-refractivity contribution is 0.843. The van der Waals surface area contributed by atoms with Gasteiger partial charge in [0.05, 0.1) is 26.3 Å². The van der Waals surface area contributed by atoms with Crippen molar-refractivity contribution >= 4 is 123 Å². The van der Waals surface area contributed by atoms with Crippen LogP contribution in [0.3, 0.4) is 0 Å². The maximum atomic E-state index is 7.12. The number of nitrogen functional groups attached to an aromatic ring is 4. The van der Waals surface area contributed by atoms with E-state index >= 15 is 0 Å². The highest BCUT2D eigenvalue weighted by atomic mass is 79.9. The van der Waals surface area contributed by atoms with Crippen LogP contribution in [-0.2, 0) is 0 Å². The molecule has 4 aromatic carbocycles. The molecule has 4 rings (SSSR count). The van der Waals surface area contributed by atoms with Gasteiger partial charge in [0, 0.05) is 52.3 Å². The molecule has 0 aliphatic carbocycles. The maximum Gasteiger partial charge on any atom is 0.221 e. The highest BCUT2D eigenvalue weighted by Crippen LogP contribution is 2.43. The van der Waals surface area contributed by atoms with Gasteiger partial charge in [-0.25, -0.2) is 19.4 Å². The molecular weight excluding hydrogens is 907 g/mol. The molecule has 0 aliphatic heterocycles. The largest absolute Gasteiger partial charge is 0.400 e. The van der Waals surface area contributed by atoms with Crippen LogP contribution in [0.5, 0.6) is 0 Å². The molecule has 0 atom stereocenters. The first-order valence-electron chi connectivity index (χ1n) is 16.9. The zero-order valence-corrected chi connectivity index (χ0v) is 38.7. The zero-order valence-electron chi connectivity index (χ0n) is 33.3. The molecule has 8 N–H and O–H groups in total. The number of nitrogens with zero attached hydrogens (tertiary/aromatic N) is 4. The molecular formula is C44H47Br2Cl3N8. The molecule has 0 spiro atoms. The van der Waals surface area contributed by atoms with Crippen molar-refractivity contribution in [1.29, 1.82) is 0 Å². The van der Waals surface area contributed by atoms with Crippen molar-refractivity contribution in [3.63, 3.8) is 0 Å². The standard InChI is InChI=1S/C13H13ClN2.C13H18N2.C7H3Br2ClN2.C7H5ClN2.C4H8/c1-7(2)9-6-10(14)13(16-5)11(8(3)4)12(9)15;1-8(2)10-6-7-11(15-5)12(9(3)4)13(10)14;1-12-7-4(10)2-3(8)6(11)5(7)9;1-10-7-4-5(9)2-3-6(7)8;1-4(2)3/h6H,1,3,15H2,2,4H3;6-9H,14H2,1-4H3;2H,11H2;2-4H,9H2;1H2,2-3H3. The molecule has 0 radical (unpaired) electrons. The van der Waals surface area contributed by atoms with Gasteiger partial charge < -0.3 is 22.9 Å². The Labute approximate surface area is 370 Å². The van der Waals surface area contributed by atoms with Crippen LogP contribution in [0.4, 0.5) is 45.5 Å². The lowest BCUT2D eigenvalue weighted by Gasteiger charge is -2.17. The predicted octanol–water partition coefficient (Wildman–Crippen LogP) is 16.7. The maximum absolute atomic E-state index is 7.12. The molecule has 0 heterocycles. The summed E-state index contributed by atoms with van der Waals surface area (Å²) in [6, 6.07) is 12.0. The van der Waals surface area contributed by atoms with Crippen LogP contribution in [0.15, 0.2) is 76.7 Å². The van der Waals surface area contributed by atoms with E-state index < -0.39 is 0 Å². The second-order valence-corrected chi connectivity index (χ2v) is 16.1. The van der Waals surface area contributed by atoms with E-state index in [0.717, 1.165) is 33.5 Å². The molecule has 0 saturated heterocycles. The molecule has 0 aliphatic rings. The van der Waals surface area contributed by atoms with Crippen molar-refractivity contribution in [1.82, 2.24) is 0 Å². The van der Waals surface area contributed by atoms with E-state index in [9.17, 15) is 0 Å². The van der Waals surface area contributed by atoms with Crippen LogP contribution in [0.2, 0.25) is 15.1 Å². The van der Waals surface area contributed by atoms with Gasteiger partial charge in [-0.15, -0.1) is 6.58 Å². The van der Waals surface area contributed by atoms with E-state index in [2.05, 4.69) is 98.7 Å². The third kappa shape index (κ3) is 15.5. The summed E-state index contributed by atoms with van der Waals surface area (Å²) < 4.78 is 1.23. The monoisotopic (exact) mass is 950 g/mol. The smallest absolute Gasteiger partial charge is 0.221 e. The van der Waals surface area contributed by atoms with E-state index in [1.807, 2.05) is 32.9 Å². The van der Waals surface area contributed by atoms with Crippen LogP contribution in [0, 0.1) is 26.3 Å². The van der Waals surface area contributed by atoms with E-state index in [1.165, 1.54) is 5.57 Å². The molecule has 0 saturated carbocycles. The van der Waals surface area contributed by atoms with Crippen molar-refractivity contribution in [2.45, 2.75) is 67.2 Å². The van der Waals surface area contributed by atoms with Gasteiger partial charge in [-0.05, 0) is 102 Å². The van der Waals surface area contributed by atoms with Crippen molar-refractivity contribution in [2.24, 2.45) is 0 Å². The summed E-state index contributed by atoms with van der Waals surface area (Å²) in [7, 11) is 0. The highest BCUT2D eigenvalue weighted by molar-refractivity contribution is 9.11. The Kier molecular flexibility index (Phi) is 22.5. The van der Waals surface area contributed by atoms with Crippen molar-refractivity contribution in [3.8, 4) is 0 Å². The van der Waals surface area contributed by atoms with Gasteiger partial charge in [-0.1, -0.05) is 121 Å². The van der Waals surface area contributed by atoms with Crippen LogP contribution >= 0.6 is 66.7 Å². The fourth-order valence-electron chi connectivity index (χ4n) is 4.71. The number of hydrogen-bond donors (Lipinski definition) is 4. The van der Waals surface area contributed by atoms with Crippen LogP contribution in [0.1, 0.15) is 89.5 Å². The van der Waals surface area contributed by atoms with E-state index in [1.54, 1.807) is 37.3 Å². The lowest BCUT2D eigenvalue weighted by atomic mass is 9.91. The first kappa shape index (κ1) is 52.1. The average molecular weight is 954 g/mol. The first-order chi connectivity index (χ1) is 26.4. The molecule has 57 heavy (non-hydrogen) atoms. The number of allylic oxidation sites excluding steroid dienone is 3. The van der Waals surface area contributed by atoms with E-state index in [4.69, 9.17) is 84.0 Å². The summed E-state index contributed by atoms with van der Waals surface area (Å²) in [6.45, 7) is 54.9. The summed E-state index contributed by atoms with van der Waals surface area (Å²) >= 11 is 23.9. The van der Waals surface area contributed by atoms with Gasteiger partial charge in [-0.2, -0.15) is 0 Å². The topological polar surface area (TPSA) is 122 Å². The molecule has 0 unspecified atom stereocenters. The molecule has 0 fully saturated rings. The summed E-state index contributed by atoms with van der Waals surface area (Å²) in [5, 5.41) is 1.22. The van der Waals surface area contributed by atoms with Crippen molar-refractivity contribution in [3.05, 3.63) is 160 Å². The number of anilines is 4. The normalized spacial score (nSPS) is 9.53. The average Bonchev–Trinajstić information content (AvgIpc) is 3.12. The number of nitrogens with two attached hydrogens (primary N) is 4. The van der Waals surface area contributed by atoms with Gasteiger partial charge >= 0.3 is 0 Å². The Balaban J connectivity index is 0.000000719. The Morgan fingerprint density at radius 2 is 1.12 bits per heavy atom. The summed E-state index contributed by atoms with van der Waals surface area (Å²) in [5.41, 5.74) is 33.6. The summed E-state index contributed by atoms with van der Waals surface area (Å²) in [6.07, 6.45) is 0. The van der Waals surface area contributed by atoms with Gasteiger partial charge in [0.15, 0.2) is 5.69 Å². The molecule has 13 heteroatoms. The van der Waals surface area contributed by atoms with Gasteiger partial charge in [0.2, 0.25) is 17.1 Å². The molecule has 298 valence electrons. The van der Waals surface area contributed by atoms with E-state index in [0.29, 0.717) is 81.2 Å². The third-order valence-electron chi connectivity index (χ3n) is 7.29. The van der Waals surface area contributed by atoms with Crippen LogP contribution in [-0.4, -0.2) is 0 Å². The lowest BCUT2D eigenvalue weighted by Crippen LogP contribution is -2.02. The first-order valence-corrected chi connectivity index (χ1v) is 19.6. The molecule has 0 aromatic heterocycles. The Morgan fingerprint density at radius 1 is 0.614 bits per heavy atom. The Morgan fingerprint density at radius 3 is 1.53 bits per heavy atom. The minimum Gasteiger partial charge on any atom is -0.400 e. The van der Waals surface area contributed by atoms with Crippen LogP contribution in [0.25, 0.3) is 30.5 Å².